The van der Waals surface area contributed by atoms with Gasteiger partial charge in [0.1, 0.15) is 0 Å². The summed E-state index contributed by atoms with van der Waals surface area (Å²) < 4.78 is 0. The van der Waals surface area contributed by atoms with Crippen molar-refractivity contribution in [2.24, 2.45) is 0 Å². The molecule has 0 saturated carbocycles. The van der Waals surface area contributed by atoms with Gasteiger partial charge in [-0.3, -0.25) is 4.79 Å². The molecule has 0 radical (unpaired) electrons. The fourth-order valence-electron chi connectivity index (χ4n) is 2.16. The zero-order valence-electron chi connectivity index (χ0n) is 8.51. The third-order valence-corrected chi connectivity index (χ3v) is 3.03. The molecule has 0 bridgehead atoms. The number of carbonyl (C=O) groups is 1. The van der Waals surface area contributed by atoms with Crippen LogP contribution in [0.25, 0.3) is 0 Å². The molecule has 2 fully saturated rings. The molecular weight excluding hydrogens is 178 g/mol. The van der Waals surface area contributed by atoms with Crippen LogP contribution in [0.3, 0.4) is 0 Å². The number of rotatable bonds is 2. The van der Waals surface area contributed by atoms with E-state index in [0.717, 1.165) is 32.5 Å². The Morgan fingerprint density at radius 2 is 2.14 bits per heavy atom. The average Bonchev–Trinajstić information content (AvgIpc) is 2.72. The Bertz CT molecular complexity index is 196. The highest BCUT2D eigenvalue weighted by Gasteiger charge is 2.23. The normalized spacial score (nSPS) is 32.9. The lowest BCUT2D eigenvalue weighted by Crippen LogP contribution is -2.50. The van der Waals surface area contributed by atoms with Crippen LogP contribution in [0.2, 0.25) is 0 Å². The van der Waals surface area contributed by atoms with Gasteiger partial charge in [-0.1, -0.05) is 6.42 Å². The second kappa shape index (κ2) is 4.75. The molecule has 0 aromatic heterocycles. The van der Waals surface area contributed by atoms with Gasteiger partial charge in [0, 0.05) is 12.6 Å². The Labute approximate surface area is 84.8 Å². The summed E-state index contributed by atoms with van der Waals surface area (Å²) in [6.07, 6.45) is 4.44. The SMILES string of the molecule is O=C(NC1CCNC1)C1CCCCN1. The zero-order chi connectivity index (χ0) is 9.80. The van der Waals surface area contributed by atoms with E-state index in [1.165, 1.54) is 12.8 Å². The van der Waals surface area contributed by atoms with Gasteiger partial charge in [-0.2, -0.15) is 0 Å². The Hall–Kier alpha value is -0.610. The monoisotopic (exact) mass is 197 g/mol. The van der Waals surface area contributed by atoms with E-state index >= 15 is 0 Å². The Balaban J connectivity index is 1.75. The Morgan fingerprint density at radius 1 is 1.21 bits per heavy atom. The van der Waals surface area contributed by atoms with Crippen LogP contribution >= 0.6 is 0 Å². The first-order valence-electron chi connectivity index (χ1n) is 5.61. The number of piperidine rings is 1. The van der Waals surface area contributed by atoms with E-state index < -0.39 is 0 Å². The van der Waals surface area contributed by atoms with Gasteiger partial charge in [0.2, 0.25) is 5.91 Å². The second-order valence-electron chi connectivity index (χ2n) is 4.20. The van der Waals surface area contributed by atoms with Crippen LogP contribution in [0.15, 0.2) is 0 Å². The number of carbonyl (C=O) groups excluding carboxylic acids is 1. The minimum absolute atomic E-state index is 0.0596. The topological polar surface area (TPSA) is 53.2 Å². The first-order chi connectivity index (χ1) is 6.86. The second-order valence-corrected chi connectivity index (χ2v) is 4.20. The first kappa shape index (κ1) is 9.93. The lowest BCUT2D eigenvalue weighted by Gasteiger charge is -2.24. The van der Waals surface area contributed by atoms with Crippen molar-refractivity contribution < 1.29 is 4.79 Å². The van der Waals surface area contributed by atoms with Gasteiger partial charge in [-0.25, -0.2) is 0 Å². The lowest BCUT2D eigenvalue weighted by atomic mass is 10.0. The first-order valence-corrected chi connectivity index (χ1v) is 5.61. The fourth-order valence-corrected chi connectivity index (χ4v) is 2.16. The molecule has 4 nitrogen and oxygen atoms in total. The van der Waals surface area contributed by atoms with E-state index in [0.29, 0.717) is 6.04 Å². The summed E-state index contributed by atoms with van der Waals surface area (Å²) in [4.78, 5) is 11.8. The molecule has 0 aliphatic carbocycles. The molecule has 1 amide bonds. The predicted octanol–water partition coefficient (Wildman–Crippen LogP) is -0.393. The van der Waals surface area contributed by atoms with Crippen LogP contribution in [0, 0.1) is 0 Å². The summed E-state index contributed by atoms with van der Waals surface area (Å²) in [5.74, 6) is 0.193. The zero-order valence-corrected chi connectivity index (χ0v) is 8.51. The molecule has 3 N–H and O–H groups in total. The van der Waals surface area contributed by atoms with Crippen molar-refractivity contribution in [2.45, 2.75) is 37.8 Å². The van der Waals surface area contributed by atoms with E-state index in [9.17, 15) is 4.79 Å². The molecule has 2 atom stereocenters. The molecule has 4 heteroatoms. The van der Waals surface area contributed by atoms with Gasteiger partial charge in [0.15, 0.2) is 0 Å². The molecule has 14 heavy (non-hydrogen) atoms. The molecular formula is C10H19N3O. The maximum Gasteiger partial charge on any atom is 0.237 e. The Kier molecular flexibility index (Phi) is 3.37. The highest BCUT2D eigenvalue weighted by molar-refractivity contribution is 5.82. The van der Waals surface area contributed by atoms with E-state index in [4.69, 9.17) is 0 Å². The van der Waals surface area contributed by atoms with E-state index in [1.807, 2.05) is 0 Å². The van der Waals surface area contributed by atoms with Crippen LogP contribution in [0.5, 0.6) is 0 Å². The van der Waals surface area contributed by atoms with Crippen molar-refractivity contribution >= 4 is 5.91 Å². The fraction of sp³-hybridized carbons (Fsp3) is 0.900. The van der Waals surface area contributed by atoms with Gasteiger partial charge in [0.05, 0.1) is 6.04 Å². The highest BCUT2D eigenvalue weighted by Crippen LogP contribution is 2.07. The largest absolute Gasteiger partial charge is 0.351 e. The van der Waals surface area contributed by atoms with Crippen molar-refractivity contribution in [3.05, 3.63) is 0 Å². The molecule has 0 aromatic rings. The van der Waals surface area contributed by atoms with Crippen molar-refractivity contribution in [1.29, 1.82) is 0 Å². The standard InChI is InChI=1S/C10H19N3O/c14-10(9-3-1-2-5-12-9)13-8-4-6-11-7-8/h8-9,11-12H,1-7H2,(H,13,14). The van der Waals surface area contributed by atoms with E-state index in [-0.39, 0.29) is 11.9 Å². The average molecular weight is 197 g/mol. The highest BCUT2D eigenvalue weighted by atomic mass is 16.2. The third kappa shape index (κ3) is 2.45. The molecule has 2 aliphatic rings. The van der Waals surface area contributed by atoms with Crippen molar-refractivity contribution in [3.63, 3.8) is 0 Å². The van der Waals surface area contributed by atoms with E-state index in [2.05, 4.69) is 16.0 Å². The number of amides is 1. The summed E-state index contributed by atoms with van der Waals surface area (Å²) in [6.45, 7) is 2.95. The van der Waals surface area contributed by atoms with Crippen LogP contribution < -0.4 is 16.0 Å². The van der Waals surface area contributed by atoms with Gasteiger partial charge < -0.3 is 16.0 Å². The number of nitrogens with one attached hydrogen (secondary N) is 3. The number of hydrogen-bond donors (Lipinski definition) is 3. The van der Waals surface area contributed by atoms with Gasteiger partial charge in [0.25, 0.3) is 0 Å². The molecule has 0 aromatic carbocycles. The molecule has 2 unspecified atom stereocenters. The molecule has 2 heterocycles. The quantitative estimate of drug-likeness (QED) is 0.565. The third-order valence-electron chi connectivity index (χ3n) is 3.03. The maximum atomic E-state index is 11.8. The van der Waals surface area contributed by atoms with Gasteiger partial charge >= 0.3 is 0 Å². The smallest absolute Gasteiger partial charge is 0.237 e. The molecule has 2 aliphatic heterocycles. The van der Waals surface area contributed by atoms with Crippen LogP contribution in [0.4, 0.5) is 0 Å². The van der Waals surface area contributed by atoms with Gasteiger partial charge in [-0.05, 0) is 32.4 Å². The molecule has 0 spiro atoms. The summed E-state index contributed by atoms with van der Waals surface area (Å²) >= 11 is 0. The maximum absolute atomic E-state index is 11.8. The minimum atomic E-state index is 0.0596. The summed E-state index contributed by atoms with van der Waals surface area (Å²) in [6, 6.07) is 0.413. The van der Waals surface area contributed by atoms with E-state index in [1.54, 1.807) is 0 Å². The predicted molar refractivity (Wildman–Crippen MR) is 55.1 cm³/mol. The summed E-state index contributed by atoms with van der Waals surface area (Å²) in [7, 11) is 0. The molecule has 80 valence electrons. The summed E-state index contributed by atoms with van der Waals surface area (Å²) in [5.41, 5.74) is 0. The number of hydrogen-bond acceptors (Lipinski definition) is 3. The van der Waals surface area contributed by atoms with Crippen molar-refractivity contribution in [2.75, 3.05) is 19.6 Å². The molecule has 2 rings (SSSR count). The summed E-state index contributed by atoms with van der Waals surface area (Å²) in [5, 5.41) is 9.59. The van der Waals surface area contributed by atoms with Gasteiger partial charge in [-0.15, -0.1) is 0 Å². The van der Waals surface area contributed by atoms with Crippen molar-refractivity contribution in [3.8, 4) is 0 Å². The minimum Gasteiger partial charge on any atom is -0.351 e. The van der Waals surface area contributed by atoms with Crippen molar-refractivity contribution in [1.82, 2.24) is 16.0 Å². The molecule has 2 saturated heterocycles. The van der Waals surface area contributed by atoms with Crippen LogP contribution in [-0.4, -0.2) is 37.6 Å². The Morgan fingerprint density at radius 3 is 2.79 bits per heavy atom. The van der Waals surface area contributed by atoms with Crippen LogP contribution in [0.1, 0.15) is 25.7 Å². The van der Waals surface area contributed by atoms with Crippen LogP contribution in [-0.2, 0) is 4.79 Å². The lowest BCUT2D eigenvalue weighted by molar-refractivity contribution is -0.124.